The topological polar surface area (TPSA) is 116 Å². The van der Waals surface area contributed by atoms with E-state index in [1.807, 2.05) is 30.3 Å². The van der Waals surface area contributed by atoms with E-state index in [0.29, 0.717) is 12.8 Å². The maximum absolute atomic E-state index is 12.7. The molecule has 1 atom stereocenters. The summed E-state index contributed by atoms with van der Waals surface area (Å²) in [4.78, 5) is 21.6. The van der Waals surface area contributed by atoms with Gasteiger partial charge >= 0.3 is 5.97 Å². The number of nitrogens with one attached hydrogen (secondary N) is 1. The van der Waals surface area contributed by atoms with Gasteiger partial charge in [-0.3, -0.25) is 14.9 Å². The molecule has 0 aliphatic rings. The van der Waals surface area contributed by atoms with Crippen LogP contribution in [-0.4, -0.2) is 32.5 Å². The van der Waals surface area contributed by atoms with Gasteiger partial charge in [-0.2, -0.15) is 0 Å². The van der Waals surface area contributed by atoms with Crippen molar-refractivity contribution in [1.29, 1.82) is 0 Å². The Bertz CT molecular complexity index is 899. The van der Waals surface area contributed by atoms with Crippen LogP contribution in [0.4, 0.5) is 5.69 Å². The van der Waals surface area contributed by atoms with Crippen molar-refractivity contribution in [1.82, 2.24) is 4.72 Å². The lowest BCUT2D eigenvalue weighted by Crippen LogP contribution is -2.37. The number of hydrogen-bond donors (Lipinski definition) is 1. The van der Waals surface area contributed by atoms with Gasteiger partial charge in [-0.25, -0.2) is 13.1 Å². The van der Waals surface area contributed by atoms with Crippen LogP contribution in [0.25, 0.3) is 0 Å². The average Bonchev–Trinajstić information content (AvgIpc) is 2.66. The summed E-state index contributed by atoms with van der Waals surface area (Å²) in [6.45, 7) is 0. The molecule has 0 radical (unpaired) electrons. The molecule has 0 saturated carbocycles. The quantitative estimate of drug-likeness (QED) is 0.398. The van der Waals surface area contributed by atoms with Crippen LogP contribution < -0.4 is 4.72 Å². The lowest BCUT2D eigenvalue weighted by molar-refractivity contribution is -0.387. The molecule has 0 bridgehead atoms. The Hall–Kier alpha value is -2.78. The fraction of sp³-hybridized carbons (Fsp3) is 0.278. The van der Waals surface area contributed by atoms with Gasteiger partial charge in [0.1, 0.15) is 0 Å². The zero-order chi connectivity index (χ0) is 19.9. The highest BCUT2D eigenvalue weighted by atomic mass is 32.2. The van der Waals surface area contributed by atoms with Crippen molar-refractivity contribution in [2.45, 2.75) is 30.2 Å². The number of methoxy groups -OCH3 is 1. The second-order valence-corrected chi connectivity index (χ2v) is 7.53. The summed E-state index contributed by atoms with van der Waals surface area (Å²) in [5.74, 6) is -0.571. The van der Waals surface area contributed by atoms with Crippen molar-refractivity contribution in [3.05, 3.63) is 70.3 Å². The second kappa shape index (κ2) is 9.24. The van der Waals surface area contributed by atoms with Gasteiger partial charge in [-0.15, -0.1) is 0 Å². The molecule has 1 N–H and O–H groups in total. The van der Waals surface area contributed by atoms with E-state index in [1.54, 1.807) is 0 Å². The van der Waals surface area contributed by atoms with Gasteiger partial charge in [-0.05, 0) is 24.5 Å². The lowest BCUT2D eigenvalue weighted by Gasteiger charge is -2.18. The molecule has 0 fully saturated rings. The summed E-state index contributed by atoms with van der Waals surface area (Å²) in [7, 11) is -2.98. The summed E-state index contributed by atoms with van der Waals surface area (Å²) in [5.41, 5.74) is 0.460. The average molecular weight is 392 g/mol. The third-order valence-electron chi connectivity index (χ3n) is 3.94. The number of para-hydroxylation sites is 1. The van der Waals surface area contributed by atoms with Crippen molar-refractivity contribution >= 4 is 21.7 Å². The first-order valence-corrected chi connectivity index (χ1v) is 9.68. The molecule has 0 aliphatic carbocycles. The molecule has 0 heterocycles. The summed E-state index contributed by atoms with van der Waals surface area (Å²) >= 11 is 0. The summed E-state index contributed by atoms with van der Waals surface area (Å²) in [5, 5.41) is 11.1. The number of rotatable bonds is 9. The molecule has 2 rings (SSSR count). The van der Waals surface area contributed by atoms with Crippen LogP contribution in [0.3, 0.4) is 0 Å². The number of nitro groups is 1. The van der Waals surface area contributed by atoms with E-state index in [2.05, 4.69) is 9.46 Å². The van der Waals surface area contributed by atoms with E-state index in [9.17, 15) is 23.3 Å². The third kappa shape index (κ3) is 5.87. The number of carbonyl (C=O) groups excluding carboxylic acids is 1. The summed E-state index contributed by atoms with van der Waals surface area (Å²) in [6, 6.07) is 13.7. The van der Waals surface area contributed by atoms with Crippen molar-refractivity contribution < 1.29 is 22.9 Å². The molecule has 0 unspecified atom stereocenters. The highest BCUT2D eigenvalue weighted by Gasteiger charge is 2.28. The van der Waals surface area contributed by atoms with Gasteiger partial charge in [0.05, 0.1) is 18.5 Å². The number of carbonyl (C=O) groups is 1. The largest absolute Gasteiger partial charge is 0.469 e. The minimum atomic E-state index is -4.19. The van der Waals surface area contributed by atoms with E-state index in [-0.39, 0.29) is 6.42 Å². The highest BCUT2D eigenvalue weighted by Crippen LogP contribution is 2.23. The smallest absolute Gasteiger partial charge is 0.307 e. The van der Waals surface area contributed by atoms with E-state index in [1.165, 1.54) is 19.2 Å². The molecule has 2 aromatic rings. The van der Waals surface area contributed by atoms with Crippen LogP contribution in [0, 0.1) is 10.1 Å². The zero-order valence-electron chi connectivity index (χ0n) is 14.7. The Labute approximate surface area is 157 Å². The molecule has 2 aromatic carbocycles. The number of esters is 1. The molecule has 0 saturated heterocycles. The number of hydrogen-bond acceptors (Lipinski definition) is 6. The molecule has 0 aromatic heterocycles. The molecular weight excluding hydrogens is 372 g/mol. The van der Waals surface area contributed by atoms with Crippen molar-refractivity contribution in [2.75, 3.05) is 7.11 Å². The predicted octanol–water partition coefficient (Wildman–Crippen LogP) is 2.44. The number of ether oxygens (including phenoxy) is 1. The Balaban J connectivity index is 2.22. The standard InChI is InChI=1S/C18H20N2O6S/c1-26-18(21)13-15(12-11-14-7-3-2-4-8-14)19-27(24,25)17-10-6-5-9-16(17)20(22)23/h2-10,15,19H,11-13H2,1H3/t15-/m0/s1. The first-order valence-electron chi connectivity index (χ1n) is 8.20. The minimum absolute atomic E-state index is 0.177. The van der Waals surface area contributed by atoms with Gasteiger partial charge < -0.3 is 4.74 Å². The lowest BCUT2D eigenvalue weighted by atomic mass is 10.0. The zero-order valence-corrected chi connectivity index (χ0v) is 15.5. The van der Waals surface area contributed by atoms with E-state index in [0.717, 1.165) is 17.7 Å². The van der Waals surface area contributed by atoms with Gasteiger partial charge in [0.25, 0.3) is 5.69 Å². The van der Waals surface area contributed by atoms with Crippen LogP contribution in [0.2, 0.25) is 0 Å². The van der Waals surface area contributed by atoms with Crippen LogP contribution in [0.5, 0.6) is 0 Å². The van der Waals surface area contributed by atoms with E-state index < -0.39 is 37.5 Å². The molecule has 8 nitrogen and oxygen atoms in total. The molecule has 0 amide bonds. The normalized spacial score (nSPS) is 12.3. The number of benzene rings is 2. The third-order valence-corrected chi connectivity index (χ3v) is 5.51. The fourth-order valence-corrected chi connectivity index (χ4v) is 4.03. The Morgan fingerprint density at radius 3 is 2.41 bits per heavy atom. The van der Waals surface area contributed by atoms with Crippen molar-refractivity contribution in [2.24, 2.45) is 0 Å². The van der Waals surface area contributed by atoms with Crippen molar-refractivity contribution in [3.8, 4) is 0 Å². The number of nitro benzene ring substituents is 1. The SMILES string of the molecule is COC(=O)C[C@H](CCc1ccccc1)NS(=O)(=O)c1ccccc1[N+](=O)[O-]. The second-order valence-electron chi connectivity index (χ2n) is 5.85. The van der Waals surface area contributed by atoms with Gasteiger partial charge in [-0.1, -0.05) is 42.5 Å². The van der Waals surface area contributed by atoms with Crippen LogP contribution >= 0.6 is 0 Å². The Morgan fingerprint density at radius 2 is 1.78 bits per heavy atom. The van der Waals surface area contributed by atoms with Gasteiger partial charge in [0, 0.05) is 12.1 Å². The number of nitrogens with zero attached hydrogens (tertiary/aromatic N) is 1. The highest BCUT2D eigenvalue weighted by molar-refractivity contribution is 7.89. The number of aryl methyl sites for hydroxylation is 1. The first kappa shape index (κ1) is 20.5. The first-order chi connectivity index (χ1) is 12.8. The van der Waals surface area contributed by atoms with E-state index >= 15 is 0 Å². The van der Waals surface area contributed by atoms with E-state index in [4.69, 9.17) is 0 Å². The molecule has 0 aliphatic heterocycles. The summed E-state index contributed by atoms with van der Waals surface area (Å²) < 4.78 is 32.4. The molecule has 144 valence electrons. The van der Waals surface area contributed by atoms with Crippen molar-refractivity contribution in [3.63, 3.8) is 0 Å². The molecule has 27 heavy (non-hydrogen) atoms. The Kier molecular flexibility index (Phi) is 7.03. The van der Waals surface area contributed by atoms with Crippen LogP contribution in [-0.2, 0) is 26.0 Å². The van der Waals surface area contributed by atoms with Gasteiger partial charge in [0.2, 0.25) is 10.0 Å². The monoisotopic (exact) mass is 392 g/mol. The fourth-order valence-electron chi connectivity index (χ4n) is 2.59. The predicted molar refractivity (Wildman–Crippen MR) is 98.6 cm³/mol. The molecule has 9 heteroatoms. The maximum Gasteiger partial charge on any atom is 0.307 e. The Morgan fingerprint density at radius 1 is 1.15 bits per heavy atom. The summed E-state index contributed by atoms with van der Waals surface area (Å²) in [6.07, 6.45) is 0.685. The van der Waals surface area contributed by atoms with Crippen LogP contribution in [0.1, 0.15) is 18.4 Å². The molecular formula is C18H20N2O6S. The van der Waals surface area contributed by atoms with Crippen LogP contribution in [0.15, 0.2) is 59.5 Å². The minimum Gasteiger partial charge on any atom is -0.469 e. The number of sulfonamides is 1. The maximum atomic E-state index is 12.7. The van der Waals surface area contributed by atoms with Gasteiger partial charge in [0.15, 0.2) is 4.90 Å². The molecule has 0 spiro atoms.